The Bertz CT molecular complexity index is 1060. The summed E-state index contributed by atoms with van der Waals surface area (Å²) in [7, 11) is 1.45. The summed E-state index contributed by atoms with van der Waals surface area (Å²) in [5.74, 6) is 5.80. The third kappa shape index (κ3) is 4.61. The normalized spacial score (nSPS) is 15.6. The highest BCUT2D eigenvalue weighted by atomic mass is 16.5. The number of ketones is 1. The molecule has 0 saturated carbocycles. The van der Waals surface area contributed by atoms with Gasteiger partial charge in [0.25, 0.3) is 5.91 Å². The van der Waals surface area contributed by atoms with Crippen molar-refractivity contribution in [1.29, 1.82) is 0 Å². The van der Waals surface area contributed by atoms with Gasteiger partial charge in [0, 0.05) is 32.3 Å². The number of Topliss-reactive ketones (excluding diaryl/α,β-unsaturated/α-hetero) is 1. The summed E-state index contributed by atoms with van der Waals surface area (Å²) in [6.45, 7) is 4.33. The van der Waals surface area contributed by atoms with E-state index in [0.717, 1.165) is 18.8 Å². The maximum Gasteiger partial charge on any atom is 0.269 e. The molecule has 9 heteroatoms. The molecule has 0 radical (unpaired) electrons. The number of aromatic nitrogens is 2. The first-order valence-electron chi connectivity index (χ1n) is 10.1. The molecule has 1 aromatic carbocycles. The van der Waals surface area contributed by atoms with E-state index < -0.39 is 5.91 Å². The Kier molecular flexibility index (Phi) is 6.32. The summed E-state index contributed by atoms with van der Waals surface area (Å²) in [6, 6.07) is 5.40. The van der Waals surface area contributed by atoms with E-state index >= 15 is 0 Å². The fourth-order valence-electron chi connectivity index (χ4n) is 3.73. The number of morpholine rings is 1. The van der Waals surface area contributed by atoms with Crippen molar-refractivity contribution in [3.05, 3.63) is 35.2 Å². The number of carbonyl (C=O) groups excluding carboxylic acids is 2. The van der Waals surface area contributed by atoms with Crippen LogP contribution in [0.5, 0.6) is 5.75 Å². The molecule has 0 spiro atoms. The van der Waals surface area contributed by atoms with Gasteiger partial charge in [-0.3, -0.25) is 14.5 Å². The first kappa shape index (κ1) is 21.1. The highest BCUT2D eigenvalue weighted by Crippen LogP contribution is 2.34. The topological polar surface area (TPSA) is 109 Å². The van der Waals surface area contributed by atoms with Gasteiger partial charge < -0.3 is 24.5 Å². The predicted molar refractivity (Wildman–Crippen MR) is 112 cm³/mol. The maximum absolute atomic E-state index is 12.2. The number of methoxy groups -OCH3 is 1. The van der Waals surface area contributed by atoms with Crippen LogP contribution in [0.25, 0.3) is 11.4 Å². The molecule has 9 nitrogen and oxygen atoms in total. The molecule has 0 unspecified atom stereocenters. The van der Waals surface area contributed by atoms with Gasteiger partial charge in [-0.2, -0.15) is 0 Å². The lowest BCUT2D eigenvalue weighted by molar-refractivity contribution is -0.117. The monoisotopic (exact) mass is 424 g/mol. The van der Waals surface area contributed by atoms with Gasteiger partial charge in [-0.15, -0.1) is 0 Å². The molecule has 1 aromatic heterocycles. The summed E-state index contributed by atoms with van der Waals surface area (Å²) in [6.07, 6.45) is 0. The van der Waals surface area contributed by atoms with E-state index in [2.05, 4.69) is 21.7 Å². The third-order valence-corrected chi connectivity index (χ3v) is 5.20. The van der Waals surface area contributed by atoms with Crippen LogP contribution in [-0.4, -0.2) is 72.8 Å². The number of nitrogens with zero attached hydrogens (tertiary/aromatic N) is 3. The number of rotatable bonds is 5. The zero-order valence-electron chi connectivity index (χ0n) is 17.3. The largest absolute Gasteiger partial charge is 0.491 e. The quantitative estimate of drug-likeness (QED) is 0.694. The Morgan fingerprint density at radius 3 is 2.77 bits per heavy atom. The van der Waals surface area contributed by atoms with Crippen LogP contribution in [-0.2, 0) is 27.4 Å². The van der Waals surface area contributed by atoms with E-state index in [1.165, 1.54) is 7.11 Å². The second-order valence-corrected chi connectivity index (χ2v) is 7.30. The van der Waals surface area contributed by atoms with Crippen molar-refractivity contribution in [3.8, 4) is 29.0 Å². The molecule has 2 aliphatic heterocycles. The van der Waals surface area contributed by atoms with Crippen LogP contribution in [0.2, 0.25) is 0 Å². The molecule has 1 fully saturated rings. The summed E-state index contributed by atoms with van der Waals surface area (Å²) in [4.78, 5) is 30.7. The van der Waals surface area contributed by atoms with E-state index in [9.17, 15) is 9.59 Å². The summed E-state index contributed by atoms with van der Waals surface area (Å²) >= 11 is 0. The smallest absolute Gasteiger partial charge is 0.269 e. The number of hydrogen-bond acceptors (Lipinski definition) is 7. The fourth-order valence-corrected chi connectivity index (χ4v) is 3.73. The van der Waals surface area contributed by atoms with E-state index in [1.54, 1.807) is 12.1 Å². The number of hydrogen-bond donors (Lipinski definition) is 1. The first-order valence-corrected chi connectivity index (χ1v) is 10.1. The minimum Gasteiger partial charge on any atom is -0.491 e. The van der Waals surface area contributed by atoms with E-state index in [-0.39, 0.29) is 18.1 Å². The van der Waals surface area contributed by atoms with E-state index in [1.807, 2.05) is 10.6 Å². The number of primary amides is 1. The van der Waals surface area contributed by atoms with Crippen molar-refractivity contribution in [2.45, 2.75) is 13.1 Å². The minimum absolute atomic E-state index is 0.0572. The second-order valence-electron chi connectivity index (χ2n) is 7.30. The Hall–Kier alpha value is -3.19. The molecule has 0 aliphatic carbocycles. The molecule has 2 N–H and O–H groups in total. The van der Waals surface area contributed by atoms with Gasteiger partial charge in [0.15, 0.2) is 5.69 Å². The molecule has 2 aromatic rings. The van der Waals surface area contributed by atoms with Crippen LogP contribution in [0.1, 0.15) is 21.7 Å². The molecule has 0 bridgehead atoms. The Balaban J connectivity index is 1.74. The lowest BCUT2D eigenvalue weighted by Crippen LogP contribution is -2.37. The molecule has 31 heavy (non-hydrogen) atoms. The highest BCUT2D eigenvalue weighted by Gasteiger charge is 2.27. The lowest BCUT2D eigenvalue weighted by atomic mass is 10.1. The molecular formula is C22H24N4O5. The van der Waals surface area contributed by atoms with Crippen LogP contribution in [0.3, 0.4) is 0 Å². The molecule has 4 rings (SSSR count). The minimum atomic E-state index is -0.563. The van der Waals surface area contributed by atoms with Gasteiger partial charge in [-0.1, -0.05) is 5.92 Å². The van der Waals surface area contributed by atoms with Crippen molar-refractivity contribution in [2.24, 2.45) is 5.73 Å². The number of benzene rings is 1. The Labute approximate surface area is 180 Å². The molecule has 3 heterocycles. The van der Waals surface area contributed by atoms with Crippen LogP contribution in [0.4, 0.5) is 0 Å². The van der Waals surface area contributed by atoms with Crippen molar-refractivity contribution in [3.63, 3.8) is 0 Å². The summed E-state index contributed by atoms with van der Waals surface area (Å²) in [5.41, 5.74) is 8.05. The first-order chi connectivity index (χ1) is 15.1. The molecular weight excluding hydrogens is 400 g/mol. The zero-order valence-corrected chi connectivity index (χ0v) is 17.3. The molecule has 2 aliphatic rings. The van der Waals surface area contributed by atoms with Crippen LogP contribution in [0.15, 0.2) is 18.2 Å². The van der Waals surface area contributed by atoms with Crippen LogP contribution in [0, 0.1) is 11.8 Å². The van der Waals surface area contributed by atoms with E-state index in [0.29, 0.717) is 55.6 Å². The zero-order chi connectivity index (χ0) is 21.8. The van der Waals surface area contributed by atoms with Crippen LogP contribution >= 0.6 is 0 Å². The summed E-state index contributed by atoms with van der Waals surface area (Å²) < 4.78 is 18.1. The van der Waals surface area contributed by atoms with Crippen LogP contribution < -0.4 is 10.5 Å². The second kappa shape index (κ2) is 9.31. The number of nitrogens with two attached hydrogens (primary N) is 1. The fraction of sp³-hybridized carbons (Fsp3) is 0.409. The Morgan fingerprint density at radius 2 is 2.03 bits per heavy atom. The predicted octanol–water partition coefficient (Wildman–Crippen LogP) is 0.441. The SMILES string of the molecule is COCC(=O)C#Cc1ccc2c(c1)-c1nc(C(N)=O)c(CN3CCOCC3)n1CCO2. The average molecular weight is 424 g/mol. The Morgan fingerprint density at radius 1 is 1.23 bits per heavy atom. The van der Waals surface area contributed by atoms with Crippen molar-refractivity contribution in [2.75, 3.05) is 46.6 Å². The average Bonchev–Trinajstić information content (AvgIpc) is 3.02. The van der Waals surface area contributed by atoms with Crippen molar-refractivity contribution < 1.29 is 23.8 Å². The number of imidazole rings is 1. The molecule has 162 valence electrons. The maximum atomic E-state index is 12.2. The number of fused-ring (bicyclic) bond motifs is 3. The van der Waals surface area contributed by atoms with Gasteiger partial charge in [0.2, 0.25) is 5.78 Å². The van der Waals surface area contributed by atoms with Gasteiger partial charge in [-0.25, -0.2) is 4.98 Å². The number of carbonyl (C=O) groups is 2. The molecule has 1 amide bonds. The lowest BCUT2D eigenvalue weighted by Gasteiger charge is -2.27. The molecule has 1 saturated heterocycles. The number of amides is 1. The third-order valence-electron chi connectivity index (χ3n) is 5.20. The van der Waals surface area contributed by atoms with Gasteiger partial charge in [0.05, 0.1) is 31.0 Å². The summed E-state index contributed by atoms with van der Waals surface area (Å²) in [5, 5.41) is 0. The standard InChI is InChI=1S/C22H24N4O5/c1-29-14-16(27)4-2-15-3-5-19-17(12-15)22-24-20(21(23)28)18(26(22)8-11-31-19)13-25-6-9-30-10-7-25/h3,5,12H,6-11,13-14H2,1H3,(H2,23,28). The van der Waals surface area contributed by atoms with Gasteiger partial charge in [0.1, 0.15) is 24.8 Å². The van der Waals surface area contributed by atoms with Crippen molar-refractivity contribution in [1.82, 2.24) is 14.5 Å². The number of ether oxygens (including phenoxy) is 3. The van der Waals surface area contributed by atoms with Crippen molar-refractivity contribution >= 4 is 11.7 Å². The van der Waals surface area contributed by atoms with Gasteiger partial charge >= 0.3 is 0 Å². The van der Waals surface area contributed by atoms with E-state index in [4.69, 9.17) is 19.9 Å². The van der Waals surface area contributed by atoms with Gasteiger partial charge in [-0.05, 0) is 24.1 Å². The molecule has 0 atom stereocenters. The highest BCUT2D eigenvalue weighted by molar-refractivity contribution is 5.97.